The number of ether oxygens (including phenoxy) is 3. The maximum absolute atomic E-state index is 14.1. The molecule has 332 valence electrons. The Hall–Kier alpha value is -2.29. The third-order valence-electron chi connectivity index (χ3n) is 13.3. The maximum atomic E-state index is 14.1. The van der Waals surface area contributed by atoms with E-state index in [2.05, 4.69) is 24.4 Å². The molecule has 0 bridgehead atoms. The predicted molar refractivity (Wildman–Crippen MR) is 227 cm³/mol. The van der Waals surface area contributed by atoms with Gasteiger partial charge in [0.2, 0.25) is 11.9 Å². The maximum Gasteiger partial charge on any atom is 0.318 e. The number of aliphatic hydroxyl groups is 2. The van der Waals surface area contributed by atoms with Crippen LogP contribution in [0.4, 0.5) is 0 Å². The minimum atomic E-state index is -1.43. The average molecular weight is 817 g/mol. The third kappa shape index (κ3) is 12.4. The average Bonchev–Trinajstić information content (AvgIpc) is 3.40. The van der Waals surface area contributed by atoms with Crippen LogP contribution >= 0.6 is 0 Å². The summed E-state index contributed by atoms with van der Waals surface area (Å²) in [6.45, 7) is 6.41. The molecule has 0 radical (unpaired) electrons. The third-order valence-corrected chi connectivity index (χ3v) is 13.3. The Morgan fingerprint density at radius 1 is 0.966 bits per heavy atom. The zero-order valence-electron chi connectivity index (χ0n) is 36.2. The van der Waals surface area contributed by atoms with Gasteiger partial charge in [-0.1, -0.05) is 89.7 Å². The second-order valence-corrected chi connectivity index (χ2v) is 18.1. The van der Waals surface area contributed by atoms with Crippen LogP contribution in [0.3, 0.4) is 0 Å². The fourth-order valence-corrected chi connectivity index (χ4v) is 10.2. The molecule has 5 heterocycles. The summed E-state index contributed by atoms with van der Waals surface area (Å²) in [6, 6.07) is 0.0149. The van der Waals surface area contributed by atoms with Crippen molar-refractivity contribution in [1.82, 2.24) is 15.1 Å². The standard InChI is InChI=1S/C45H80N6O7/c1-3-38-22-16-17-26-43(58-38)33-36-24-28-45(55)40(44(27-19-21-35(2)57-44)49-42(48-43)51(36)45)41(54)56-32-18-14-12-10-8-6-4-5-7-9-11-13-15-23-39(53)50(31-20-29-46)34-37(52)25-30-47/h16,22,35-38,40,52,55H,3-15,17-21,23-34,46-47H2,1-2H3,(H,48,49)/t35-,36+,37+,38+,40-,43+,44-,45+/m0/s1. The van der Waals surface area contributed by atoms with Gasteiger partial charge in [0.25, 0.3) is 0 Å². The molecule has 2 spiro atoms. The Balaban J connectivity index is 0.964. The molecule has 0 aromatic carbocycles. The molecule has 7 N–H and O–H groups in total. The van der Waals surface area contributed by atoms with Gasteiger partial charge in [0.1, 0.15) is 5.72 Å². The summed E-state index contributed by atoms with van der Waals surface area (Å²) in [7, 11) is 0. The molecule has 0 aromatic heterocycles. The molecule has 3 fully saturated rings. The number of nitrogens with two attached hydrogens (primary N) is 2. The fraction of sp³-hybridized carbons (Fsp3) is 0.889. The zero-order valence-corrected chi connectivity index (χ0v) is 36.2. The smallest absolute Gasteiger partial charge is 0.318 e. The van der Waals surface area contributed by atoms with Gasteiger partial charge >= 0.3 is 5.97 Å². The summed E-state index contributed by atoms with van der Waals surface area (Å²) >= 11 is 0. The highest BCUT2D eigenvalue weighted by atomic mass is 16.6. The van der Waals surface area contributed by atoms with Crippen molar-refractivity contribution in [2.75, 3.05) is 32.8 Å². The van der Waals surface area contributed by atoms with Gasteiger partial charge in [-0.15, -0.1) is 0 Å². The number of carbonyl (C=O) groups excluding carboxylic acids is 2. The molecule has 3 saturated heterocycles. The van der Waals surface area contributed by atoms with Crippen LogP contribution in [0, 0.1) is 5.92 Å². The van der Waals surface area contributed by atoms with Crippen molar-refractivity contribution >= 4 is 17.8 Å². The van der Waals surface area contributed by atoms with E-state index >= 15 is 0 Å². The Labute approximate surface area is 349 Å². The van der Waals surface area contributed by atoms with Gasteiger partial charge in [-0.05, 0) is 97.1 Å². The minimum absolute atomic E-state index is 0.0149. The highest BCUT2D eigenvalue weighted by molar-refractivity contribution is 5.87. The summed E-state index contributed by atoms with van der Waals surface area (Å²) in [6.07, 6.45) is 27.1. The largest absolute Gasteiger partial charge is 0.465 e. The first kappa shape index (κ1) is 46.8. The van der Waals surface area contributed by atoms with Crippen LogP contribution in [-0.4, -0.2) is 112 Å². The lowest BCUT2D eigenvalue weighted by atomic mass is 9.78. The van der Waals surface area contributed by atoms with E-state index in [1.54, 1.807) is 4.90 Å². The van der Waals surface area contributed by atoms with Crippen LogP contribution in [-0.2, 0) is 23.8 Å². The second kappa shape index (κ2) is 23.1. The highest BCUT2D eigenvalue weighted by Crippen LogP contribution is 2.54. The van der Waals surface area contributed by atoms with E-state index in [0.717, 1.165) is 89.9 Å². The van der Waals surface area contributed by atoms with Crippen LogP contribution in [0.15, 0.2) is 17.1 Å². The van der Waals surface area contributed by atoms with Crippen LogP contribution < -0.4 is 16.8 Å². The van der Waals surface area contributed by atoms with Crippen molar-refractivity contribution in [3.63, 3.8) is 0 Å². The molecule has 13 nitrogen and oxygen atoms in total. The van der Waals surface area contributed by atoms with E-state index in [-0.39, 0.29) is 24.2 Å². The Kier molecular flexibility index (Phi) is 18.6. The number of allylic oxidation sites excluding steroid dienone is 1. The predicted octanol–water partition coefficient (Wildman–Crippen LogP) is 6.14. The van der Waals surface area contributed by atoms with Gasteiger partial charge < -0.3 is 51.0 Å². The molecular formula is C45H80N6O7. The van der Waals surface area contributed by atoms with Crippen molar-refractivity contribution in [3.8, 4) is 0 Å². The summed E-state index contributed by atoms with van der Waals surface area (Å²) in [5.74, 6) is -0.591. The SMILES string of the molecule is CC[C@@H]1C=CCC[C@]2(C[C@H]3CC[C@@]4(O)[C@@H](C(=O)OCCCCCCCCCCCCCCCC(=O)N(CCCN)C[C@H](O)CCN)[C@@]5(CCC[C@H](C)O5)N=C(N2)N34)O1. The van der Waals surface area contributed by atoms with E-state index in [1.165, 1.54) is 44.9 Å². The molecule has 5 aliphatic heterocycles. The van der Waals surface area contributed by atoms with Crippen LogP contribution in [0.25, 0.3) is 0 Å². The van der Waals surface area contributed by atoms with Crippen molar-refractivity contribution in [2.24, 2.45) is 22.4 Å². The van der Waals surface area contributed by atoms with E-state index in [1.807, 2.05) is 11.8 Å². The molecule has 5 rings (SSSR count). The second-order valence-electron chi connectivity index (χ2n) is 18.1. The lowest BCUT2D eigenvalue weighted by Gasteiger charge is -2.58. The van der Waals surface area contributed by atoms with E-state index in [9.17, 15) is 19.8 Å². The Morgan fingerprint density at radius 3 is 2.31 bits per heavy atom. The van der Waals surface area contributed by atoms with Crippen molar-refractivity contribution < 1.29 is 34.0 Å². The summed E-state index contributed by atoms with van der Waals surface area (Å²) in [5, 5.41) is 26.3. The van der Waals surface area contributed by atoms with Gasteiger partial charge in [-0.25, -0.2) is 4.99 Å². The number of rotatable bonds is 25. The van der Waals surface area contributed by atoms with Crippen LogP contribution in [0.2, 0.25) is 0 Å². The normalized spacial score (nSPS) is 30.8. The summed E-state index contributed by atoms with van der Waals surface area (Å²) in [4.78, 5) is 35.8. The summed E-state index contributed by atoms with van der Waals surface area (Å²) in [5.41, 5.74) is 8.03. The first-order valence-corrected chi connectivity index (χ1v) is 23.5. The number of nitrogens with zero attached hydrogens (tertiary/aromatic N) is 3. The lowest BCUT2D eigenvalue weighted by Crippen LogP contribution is -2.75. The number of amides is 1. The van der Waals surface area contributed by atoms with E-state index in [4.69, 9.17) is 30.7 Å². The van der Waals surface area contributed by atoms with Gasteiger partial charge in [0.05, 0.1) is 24.9 Å². The number of guanidine groups is 1. The Bertz CT molecular complexity index is 1340. The van der Waals surface area contributed by atoms with Gasteiger partial charge in [0, 0.05) is 32.0 Å². The van der Waals surface area contributed by atoms with Gasteiger partial charge in [-0.3, -0.25) is 9.59 Å². The zero-order chi connectivity index (χ0) is 41.4. The number of carbonyl (C=O) groups is 2. The number of esters is 1. The highest BCUT2D eigenvalue weighted by Gasteiger charge is 2.69. The van der Waals surface area contributed by atoms with Crippen LogP contribution in [0.5, 0.6) is 0 Å². The fourth-order valence-electron chi connectivity index (χ4n) is 10.2. The number of hydrogen-bond donors (Lipinski definition) is 5. The quantitative estimate of drug-likeness (QED) is 0.0405. The molecule has 58 heavy (non-hydrogen) atoms. The molecule has 0 aliphatic carbocycles. The van der Waals surface area contributed by atoms with Crippen LogP contribution in [0.1, 0.15) is 174 Å². The van der Waals surface area contributed by atoms with Crippen molar-refractivity contribution in [3.05, 3.63) is 12.2 Å². The molecular weight excluding hydrogens is 737 g/mol. The number of unbranched alkanes of at least 4 members (excludes halogenated alkanes) is 12. The first-order chi connectivity index (χ1) is 28.1. The molecule has 8 atom stereocenters. The number of nitrogens with one attached hydrogen (secondary N) is 1. The van der Waals surface area contributed by atoms with Crippen molar-refractivity contribution in [2.45, 2.75) is 216 Å². The lowest BCUT2D eigenvalue weighted by molar-refractivity contribution is -0.243. The molecule has 0 saturated carbocycles. The van der Waals surface area contributed by atoms with E-state index < -0.39 is 35.2 Å². The summed E-state index contributed by atoms with van der Waals surface area (Å²) < 4.78 is 19.3. The Morgan fingerprint density at radius 2 is 1.66 bits per heavy atom. The molecule has 1 amide bonds. The molecule has 0 aromatic rings. The van der Waals surface area contributed by atoms with Gasteiger partial charge in [-0.2, -0.15) is 0 Å². The monoisotopic (exact) mass is 817 g/mol. The van der Waals surface area contributed by atoms with Gasteiger partial charge in [0.15, 0.2) is 17.4 Å². The molecule has 13 heteroatoms. The number of hydrogen-bond acceptors (Lipinski definition) is 12. The van der Waals surface area contributed by atoms with Crippen molar-refractivity contribution in [1.29, 1.82) is 0 Å². The first-order valence-electron chi connectivity index (χ1n) is 23.5. The van der Waals surface area contributed by atoms with E-state index in [0.29, 0.717) is 64.4 Å². The topological polar surface area (TPSA) is 185 Å². The number of aliphatic hydroxyl groups excluding tert-OH is 1. The molecule has 0 unspecified atom stereocenters. The number of aliphatic imine (C=N–C) groups is 1. The minimum Gasteiger partial charge on any atom is -0.465 e. The molecule has 5 aliphatic rings.